The van der Waals surface area contributed by atoms with Crippen molar-refractivity contribution in [3.8, 4) is 0 Å². The molecule has 0 spiro atoms. The van der Waals surface area contributed by atoms with Gasteiger partial charge in [0, 0.05) is 6.61 Å². The van der Waals surface area contributed by atoms with Gasteiger partial charge in [0.2, 0.25) is 0 Å². The maximum absolute atomic E-state index is 10.3. The van der Waals surface area contributed by atoms with E-state index in [1.807, 2.05) is 0 Å². The molecule has 0 unspecified atom stereocenters. The zero-order chi connectivity index (χ0) is 34.0. The maximum atomic E-state index is 10.3. The predicted molar refractivity (Wildman–Crippen MR) is 182 cm³/mol. The summed E-state index contributed by atoms with van der Waals surface area (Å²) in [5.41, 5.74) is 0. The van der Waals surface area contributed by atoms with Crippen LogP contribution in [0.3, 0.4) is 0 Å². The highest BCUT2D eigenvalue weighted by Gasteiger charge is 1.98. The molecule has 282 valence electrons. The summed E-state index contributed by atoms with van der Waals surface area (Å²) in [5.74, 6) is -0.991. The Hall–Kier alpha value is -0.930. The second kappa shape index (κ2) is 43.1. The number of carbonyl (C=O) groups is 1. The smallest absolute Gasteiger partial charge is 0.329 e. The first-order valence-electron chi connectivity index (χ1n) is 18.3. The summed E-state index contributed by atoms with van der Waals surface area (Å²) in [6, 6.07) is 0. The topological polar surface area (TPSA) is 130 Å². The van der Waals surface area contributed by atoms with Crippen LogP contribution in [0.25, 0.3) is 0 Å². The van der Waals surface area contributed by atoms with E-state index in [0.717, 1.165) is 13.0 Å². The lowest BCUT2D eigenvalue weighted by molar-refractivity contribution is -0.142. The summed E-state index contributed by atoms with van der Waals surface area (Å²) in [6.45, 7) is 11.6. The van der Waals surface area contributed by atoms with Crippen molar-refractivity contribution in [2.75, 3.05) is 132 Å². The SMILES string of the molecule is CCCCCCCCCCCCCCCOCCOCCOCCOCCOCCOCCOCCOCCOCCOCC(=O)O. The fourth-order valence-corrected chi connectivity index (χ4v) is 4.36. The summed E-state index contributed by atoms with van der Waals surface area (Å²) in [6.07, 6.45) is 17.7. The summed E-state index contributed by atoms with van der Waals surface area (Å²) in [7, 11) is 0. The molecule has 0 aromatic rings. The van der Waals surface area contributed by atoms with Gasteiger partial charge in [0.05, 0.1) is 119 Å². The fourth-order valence-electron chi connectivity index (χ4n) is 4.36. The largest absolute Gasteiger partial charge is 0.480 e. The van der Waals surface area contributed by atoms with E-state index in [2.05, 4.69) is 6.92 Å². The summed E-state index contributed by atoms with van der Waals surface area (Å²) < 4.78 is 54.1. The molecule has 12 heteroatoms. The molecule has 0 amide bonds. The van der Waals surface area contributed by atoms with Crippen LogP contribution in [0.2, 0.25) is 0 Å². The average molecular weight is 683 g/mol. The lowest BCUT2D eigenvalue weighted by Gasteiger charge is -2.09. The van der Waals surface area contributed by atoms with Crippen molar-refractivity contribution >= 4 is 5.97 Å². The third-order valence-electron chi connectivity index (χ3n) is 6.97. The highest BCUT2D eigenvalue weighted by molar-refractivity contribution is 5.67. The molecular formula is C35H70O12. The molecule has 0 aliphatic rings. The summed E-state index contributed by atoms with van der Waals surface area (Å²) in [5, 5.41) is 8.43. The number of rotatable bonds is 43. The zero-order valence-electron chi connectivity index (χ0n) is 29.8. The zero-order valence-corrected chi connectivity index (χ0v) is 29.8. The first kappa shape index (κ1) is 46.1. The molecule has 0 aliphatic carbocycles. The molecule has 0 saturated heterocycles. The van der Waals surface area contributed by atoms with Gasteiger partial charge in [-0.05, 0) is 6.42 Å². The molecule has 47 heavy (non-hydrogen) atoms. The van der Waals surface area contributed by atoms with E-state index < -0.39 is 5.97 Å². The van der Waals surface area contributed by atoms with E-state index in [1.54, 1.807) is 0 Å². The van der Waals surface area contributed by atoms with Crippen LogP contribution in [0.1, 0.15) is 90.4 Å². The monoisotopic (exact) mass is 682 g/mol. The van der Waals surface area contributed by atoms with Gasteiger partial charge in [-0.15, -0.1) is 0 Å². The van der Waals surface area contributed by atoms with Crippen LogP contribution in [0.15, 0.2) is 0 Å². The minimum atomic E-state index is -0.991. The lowest BCUT2D eigenvalue weighted by atomic mass is 10.0. The van der Waals surface area contributed by atoms with Crippen LogP contribution in [-0.4, -0.2) is 143 Å². The number of unbranched alkanes of at least 4 members (excludes halogenated alkanes) is 12. The van der Waals surface area contributed by atoms with Crippen LogP contribution in [0.4, 0.5) is 0 Å². The normalized spacial score (nSPS) is 11.5. The van der Waals surface area contributed by atoms with E-state index in [0.29, 0.717) is 112 Å². The molecule has 0 saturated carbocycles. The maximum Gasteiger partial charge on any atom is 0.329 e. The molecule has 0 aliphatic heterocycles. The Kier molecular flexibility index (Phi) is 42.2. The Bertz CT molecular complexity index is 585. The van der Waals surface area contributed by atoms with Gasteiger partial charge in [0.25, 0.3) is 0 Å². The molecule has 1 N–H and O–H groups in total. The van der Waals surface area contributed by atoms with Crippen LogP contribution in [0.5, 0.6) is 0 Å². The number of hydrogen-bond acceptors (Lipinski definition) is 11. The molecule has 0 fully saturated rings. The third-order valence-corrected chi connectivity index (χ3v) is 6.97. The van der Waals surface area contributed by atoms with Crippen LogP contribution >= 0.6 is 0 Å². The van der Waals surface area contributed by atoms with Gasteiger partial charge < -0.3 is 52.5 Å². The van der Waals surface area contributed by atoms with E-state index in [4.69, 9.17) is 52.5 Å². The molecule has 0 rings (SSSR count). The second-order valence-corrected chi connectivity index (χ2v) is 11.2. The van der Waals surface area contributed by atoms with Crippen LogP contribution in [-0.2, 0) is 52.2 Å². The van der Waals surface area contributed by atoms with Gasteiger partial charge in [0.1, 0.15) is 6.61 Å². The fraction of sp³-hybridized carbons (Fsp3) is 0.971. The molecule has 0 heterocycles. The number of carboxylic acids is 1. The molecular weight excluding hydrogens is 612 g/mol. The van der Waals surface area contributed by atoms with Crippen LogP contribution in [0, 0.1) is 0 Å². The van der Waals surface area contributed by atoms with E-state index >= 15 is 0 Å². The van der Waals surface area contributed by atoms with Crippen molar-refractivity contribution < 1.29 is 57.3 Å². The van der Waals surface area contributed by atoms with Crippen molar-refractivity contribution in [1.82, 2.24) is 0 Å². The standard InChI is InChI=1S/C35H70O12/c1-2-3-4-5-6-7-8-9-10-11-12-13-14-15-38-16-17-39-18-19-40-20-21-41-22-23-42-24-25-43-26-27-44-28-29-45-30-31-46-32-33-47-34-35(36)37/h2-34H2,1H3,(H,36,37). The second-order valence-electron chi connectivity index (χ2n) is 11.2. The highest BCUT2D eigenvalue weighted by Crippen LogP contribution is 2.12. The summed E-state index contributed by atoms with van der Waals surface area (Å²) in [4.78, 5) is 10.3. The lowest BCUT2D eigenvalue weighted by Crippen LogP contribution is -2.15. The average Bonchev–Trinajstić information content (AvgIpc) is 3.07. The van der Waals surface area contributed by atoms with Crippen molar-refractivity contribution in [3.63, 3.8) is 0 Å². The molecule has 0 bridgehead atoms. The first-order chi connectivity index (χ1) is 23.3. The molecule has 12 nitrogen and oxygen atoms in total. The molecule has 0 aromatic carbocycles. The third kappa shape index (κ3) is 45.1. The molecule has 0 aromatic heterocycles. The number of hydrogen-bond donors (Lipinski definition) is 1. The molecule has 0 radical (unpaired) electrons. The van der Waals surface area contributed by atoms with Crippen molar-refractivity contribution in [2.24, 2.45) is 0 Å². The quantitative estimate of drug-likeness (QED) is 0.0835. The Morgan fingerprint density at radius 3 is 0.787 bits per heavy atom. The van der Waals surface area contributed by atoms with E-state index in [9.17, 15) is 4.79 Å². The summed E-state index contributed by atoms with van der Waals surface area (Å²) >= 11 is 0. The minimum Gasteiger partial charge on any atom is -0.480 e. The van der Waals surface area contributed by atoms with Crippen molar-refractivity contribution in [3.05, 3.63) is 0 Å². The Labute approximate surface area is 285 Å². The van der Waals surface area contributed by atoms with Crippen molar-refractivity contribution in [2.45, 2.75) is 90.4 Å². The van der Waals surface area contributed by atoms with Gasteiger partial charge in [-0.25, -0.2) is 4.79 Å². The molecule has 0 atom stereocenters. The Morgan fingerprint density at radius 1 is 0.319 bits per heavy atom. The Balaban J connectivity index is 3.04. The van der Waals surface area contributed by atoms with E-state index in [-0.39, 0.29) is 13.2 Å². The Morgan fingerprint density at radius 2 is 0.532 bits per heavy atom. The first-order valence-corrected chi connectivity index (χ1v) is 18.3. The van der Waals surface area contributed by atoms with Crippen LogP contribution < -0.4 is 0 Å². The van der Waals surface area contributed by atoms with Gasteiger partial charge in [-0.2, -0.15) is 0 Å². The van der Waals surface area contributed by atoms with Gasteiger partial charge in [-0.3, -0.25) is 0 Å². The van der Waals surface area contributed by atoms with Gasteiger partial charge >= 0.3 is 5.97 Å². The van der Waals surface area contributed by atoms with Gasteiger partial charge in [0.15, 0.2) is 0 Å². The van der Waals surface area contributed by atoms with Crippen molar-refractivity contribution in [1.29, 1.82) is 0 Å². The minimum absolute atomic E-state index is 0.247. The number of aliphatic carboxylic acids is 1. The van der Waals surface area contributed by atoms with Gasteiger partial charge in [-0.1, -0.05) is 84.0 Å². The number of carboxylic acid groups (broad SMARTS) is 1. The number of ether oxygens (including phenoxy) is 10. The highest BCUT2D eigenvalue weighted by atomic mass is 16.6. The van der Waals surface area contributed by atoms with E-state index in [1.165, 1.54) is 77.0 Å². The predicted octanol–water partition coefficient (Wildman–Crippen LogP) is 5.33.